The summed E-state index contributed by atoms with van der Waals surface area (Å²) in [5.41, 5.74) is 2.03. The predicted octanol–water partition coefficient (Wildman–Crippen LogP) is 4.14. The molecule has 0 radical (unpaired) electrons. The van der Waals surface area contributed by atoms with Crippen LogP contribution in [0.25, 0.3) is 16.8 Å². The van der Waals surface area contributed by atoms with Crippen molar-refractivity contribution in [3.05, 3.63) is 94.3 Å². The van der Waals surface area contributed by atoms with E-state index in [-0.39, 0.29) is 24.5 Å². The quantitative estimate of drug-likeness (QED) is 0.440. The highest BCUT2D eigenvalue weighted by Crippen LogP contribution is 2.25. The molecule has 6 nitrogen and oxygen atoms in total. The molecule has 0 saturated carbocycles. The number of aromatic nitrogens is 2. The van der Waals surface area contributed by atoms with Crippen LogP contribution >= 0.6 is 0 Å². The van der Waals surface area contributed by atoms with Crippen molar-refractivity contribution < 1.29 is 18.7 Å². The summed E-state index contributed by atoms with van der Waals surface area (Å²) >= 11 is 0. The Morgan fingerprint density at radius 3 is 2.45 bits per heavy atom. The topological polar surface area (TPSA) is 61.9 Å². The van der Waals surface area contributed by atoms with Gasteiger partial charge in [-0.3, -0.25) is 9.20 Å². The van der Waals surface area contributed by atoms with Gasteiger partial charge in [-0.15, -0.1) is 0 Å². The Bertz CT molecular complexity index is 1310. The summed E-state index contributed by atoms with van der Waals surface area (Å²) in [7, 11) is 1.59. The van der Waals surface area contributed by atoms with Gasteiger partial charge in [-0.1, -0.05) is 30.3 Å². The monoisotopic (exact) mass is 420 g/mol. The average Bonchev–Trinajstić information content (AvgIpc) is 3.23. The van der Waals surface area contributed by atoms with Crippen molar-refractivity contribution in [1.29, 1.82) is 0 Å². The van der Waals surface area contributed by atoms with Gasteiger partial charge in [0.05, 0.1) is 20.3 Å². The van der Waals surface area contributed by atoms with Crippen molar-refractivity contribution in [2.45, 2.75) is 13.5 Å². The van der Waals surface area contributed by atoms with Crippen molar-refractivity contribution in [2.24, 2.45) is 0 Å². The van der Waals surface area contributed by atoms with E-state index in [1.165, 1.54) is 16.7 Å². The molecule has 0 atom stereocenters. The summed E-state index contributed by atoms with van der Waals surface area (Å²) in [5, 5.41) is 0. The summed E-state index contributed by atoms with van der Waals surface area (Å²) in [6, 6.07) is 15.6. The van der Waals surface area contributed by atoms with Gasteiger partial charge in [0.25, 0.3) is 5.56 Å². The molecule has 0 fully saturated rings. The van der Waals surface area contributed by atoms with Crippen molar-refractivity contribution in [2.75, 3.05) is 13.7 Å². The number of methoxy groups -OCH3 is 1. The van der Waals surface area contributed by atoms with Crippen molar-refractivity contribution in [1.82, 2.24) is 8.97 Å². The largest absolute Gasteiger partial charge is 0.497 e. The average molecular weight is 420 g/mol. The Hall–Kier alpha value is -3.87. The summed E-state index contributed by atoms with van der Waals surface area (Å²) in [6.07, 6.45) is 3.10. The van der Waals surface area contributed by atoms with Gasteiger partial charge in [-0.2, -0.15) is 0 Å². The molecular weight excluding hydrogens is 399 g/mol. The van der Waals surface area contributed by atoms with E-state index in [0.717, 1.165) is 16.9 Å². The van der Waals surface area contributed by atoms with Crippen LogP contribution in [0, 0.1) is 5.82 Å². The van der Waals surface area contributed by atoms with Gasteiger partial charge in [0, 0.05) is 23.5 Å². The minimum atomic E-state index is -0.712. The molecule has 4 aromatic rings. The first-order valence-electron chi connectivity index (χ1n) is 9.82. The number of esters is 1. The van der Waals surface area contributed by atoms with Crippen LogP contribution in [0.4, 0.5) is 4.39 Å². The van der Waals surface area contributed by atoms with Gasteiger partial charge in [0.15, 0.2) is 0 Å². The zero-order chi connectivity index (χ0) is 22.0. The lowest BCUT2D eigenvalue weighted by Crippen LogP contribution is -2.26. The zero-order valence-electron chi connectivity index (χ0n) is 17.2. The number of benzene rings is 2. The highest BCUT2D eigenvalue weighted by atomic mass is 19.1. The molecule has 0 amide bonds. The Morgan fingerprint density at radius 2 is 1.77 bits per heavy atom. The first-order valence-corrected chi connectivity index (χ1v) is 9.82. The number of ether oxygens (including phenoxy) is 2. The molecule has 0 aliphatic rings. The second-order valence-corrected chi connectivity index (χ2v) is 6.97. The molecule has 0 aliphatic heterocycles. The zero-order valence-corrected chi connectivity index (χ0v) is 17.2. The highest BCUT2D eigenvalue weighted by molar-refractivity contribution is 5.89. The Kier molecular flexibility index (Phi) is 5.58. The molecule has 0 unspecified atom stereocenters. The molecular formula is C24H21FN2O4. The van der Waals surface area contributed by atoms with Crippen molar-refractivity contribution in [3.63, 3.8) is 0 Å². The van der Waals surface area contributed by atoms with Crippen molar-refractivity contribution in [3.8, 4) is 16.9 Å². The lowest BCUT2D eigenvalue weighted by atomic mass is 10.1. The van der Waals surface area contributed by atoms with E-state index in [4.69, 9.17) is 9.47 Å². The smallest absolute Gasteiger partial charge is 0.345 e. The summed E-state index contributed by atoms with van der Waals surface area (Å²) in [4.78, 5) is 25.4. The standard InChI is InChI=1S/C24H21FN2O4/c1-3-31-24(29)20-15-26(13-17-6-4-5-7-21(17)25)22-12-18(14-27(22)23(20)28)16-8-10-19(30-2)11-9-16/h4-12,14-15H,3,13H2,1-2H3. The van der Waals surface area contributed by atoms with E-state index in [1.54, 1.807) is 43.0 Å². The molecule has 31 heavy (non-hydrogen) atoms. The van der Waals surface area contributed by atoms with Crippen LogP contribution < -0.4 is 10.3 Å². The molecule has 2 aromatic heterocycles. The fourth-order valence-corrected chi connectivity index (χ4v) is 3.47. The molecule has 2 aromatic carbocycles. The third-order valence-corrected chi connectivity index (χ3v) is 5.05. The first kappa shape index (κ1) is 20.4. The molecule has 0 N–H and O–H groups in total. The second kappa shape index (κ2) is 8.47. The maximum absolute atomic E-state index is 14.3. The third-order valence-electron chi connectivity index (χ3n) is 5.05. The number of rotatable bonds is 6. The predicted molar refractivity (Wildman–Crippen MR) is 115 cm³/mol. The molecule has 0 saturated heterocycles. The number of nitrogens with zero attached hydrogens (tertiary/aromatic N) is 2. The number of halogens is 1. The van der Waals surface area contributed by atoms with Crippen LogP contribution in [0.5, 0.6) is 5.75 Å². The number of hydrogen-bond donors (Lipinski definition) is 0. The molecule has 0 aliphatic carbocycles. The fraction of sp³-hybridized carbons (Fsp3) is 0.167. The van der Waals surface area contributed by atoms with Crippen LogP contribution in [0.2, 0.25) is 0 Å². The van der Waals surface area contributed by atoms with E-state index in [1.807, 2.05) is 30.3 Å². The Labute approximate surface area is 178 Å². The second-order valence-electron chi connectivity index (χ2n) is 6.97. The molecule has 7 heteroatoms. The molecule has 158 valence electrons. The maximum atomic E-state index is 14.3. The molecule has 0 bridgehead atoms. The SMILES string of the molecule is CCOC(=O)c1cn(Cc2ccccc2F)c2cc(-c3ccc(OC)cc3)cn2c1=O. The minimum absolute atomic E-state index is 0.109. The number of carbonyl (C=O) groups is 1. The van der Waals surface area contributed by atoms with Crippen LogP contribution in [0.15, 0.2) is 71.8 Å². The summed E-state index contributed by atoms with van der Waals surface area (Å²) in [5.74, 6) is -0.355. The fourth-order valence-electron chi connectivity index (χ4n) is 3.47. The molecule has 4 rings (SSSR count). The van der Waals surface area contributed by atoms with Gasteiger partial charge in [0.1, 0.15) is 22.8 Å². The van der Waals surface area contributed by atoms with Crippen LogP contribution in [0.3, 0.4) is 0 Å². The van der Waals surface area contributed by atoms with E-state index in [9.17, 15) is 14.0 Å². The van der Waals surface area contributed by atoms with Gasteiger partial charge in [-0.05, 0) is 36.8 Å². The van der Waals surface area contributed by atoms with E-state index < -0.39 is 11.5 Å². The number of fused-ring (bicyclic) bond motifs is 1. The van der Waals surface area contributed by atoms with Gasteiger partial charge in [-0.25, -0.2) is 9.18 Å². The summed E-state index contributed by atoms with van der Waals surface area (Å²) in [6.45, 7) is 1.97. The van der Waals surface area contributed by atoms with Gasteiger partial charge >= 0.3 is 5.97 Å². The van der Waals surface area contributed by atoms with E-state index in [2.05, 4.69) is 0 Å². The number of hydrogen-bond acceptors (Lipinski definition) is 4. The highest BCUT2D eigenvalue weighted by Gasteiger charge is 2.18. The lowest BCUT2D eigenvalue weighted by Gasteiger charge is -2.12. The van der Waals surface area contributed by atoms with E-state index >= 15 is 0 Å². The van der Waals surface area contributed by atoms with Gasteiger partial charge < -0.3 is 14.0 Å². The number of carbonyl (C=O) groups excluding carboxylic acids is 1. The molecule has 2 heterocycles. The first-order chi connectivity index (χ1) is 15.0. The molecule has 0 spiro atoms. The van der Waals surface area contributed by atoms with Crippen LogP contribution in [0.1, 0.15) is 22.8 Å². The minimum Gasteiger partial charge on any atom is -0.497 e. The van der Waals surface area contributed by atoms with E-state index in [0.29, 0.717) is 11.2 Å². The third kappa shape index (κ3) is 3.94. The maximum Gasteiger partial charge on any atom is 0.345 e. The summed E-state index contributed by atoms with van der Waals surface area (Å²) < 4.78 is 27.6. The lowest BCUT2D eigenvalue weighted by molar-refractivity contribution is 0.0523. The normalized spacial score (nSPS) is 10.9. The van der Waals surface area contributed by atoms with Crippen molar-refractivity contribution >= 4 is 11.6 Å². The Balaban J connectivity index is 1.89. The van der Waals surface area contributed by atoms with Gasteiger partial charge in [0.2, 0.25) is 0 Å². The van der Waals surface area contributed by atoms with Crippen LogP contribution in [-0.4, -0.2) is 28.7 Å². The van der Waals surface area contributed by atoms with Crippen LogP contribution in [-0.2, 0) is 11.3 Å². The Morgan fingerprint density at radius 1 is 1.03 bits per heavy atom.